The zero-order chi connectivity index (χ0) is 13.2. The monoisotopic (exact) mass is 249 g/mol. The minimum atomic E-state index is 0.208. The number of rotatable bonds is 2. The van der Waals surface area contributed by atoms with Crippen molar-refractivity contribution >= 4 is 11.3 Å². The molecule has 1 heterocycles. The van der Waals surface area contributed by atoms with Crippen molar-refractivity contribution < 1.29 is 0 Å². The number of benzene rings is 1. The second-order valence-corrected chi connectivity index (χ2v) is 5.30. The van der Waals surface area contributed by atoms with Gasteiger partial charge in [-0.1, -0.05) is 36.4 Å². The molecule has 0 saturated heterocycles. The third kappa shape index (κ3) is 2.46. The van der Waals surface area contributed by atoms with Gasteiger partial charge in [-0.3, -0.25) is 4.99 Å². The Morgan fingerprint density at radius 1 is 1.21 bits per heavy atom. The fourth-order valence-corrected chi connectivity index (χ4v) is 2.71. The van der Waals surface area contributed by atoms with E-state index in [1.165, 1.54) is 22.3 Å². The lowest BCUT2D eigenvalue weighted by molar-refractivity contribution is 0.916. The minimum absolute atomic E-state index is 0.208. The Hall–Kier alpha value is -1.89. The molecule has 0 bridgehead atoms. The first-order chi connectivity index (χ1) is 9.24. The lowest BCUT2D eigenvalue weighted by Crippen LogP contribution is -1.97. The highest BCUT2D eigenvalue weighted by molar-refractivity contribution is 5.95. The van der Waals surface area contributed by atoms with Crippen molar-refractivity contribution in [3.8, 4) is 0 Å². The van der Waals surface area contributed by atoms with Gasteiger partial charge >= 0.3 is 0 Å². The molecule has 1 aromatic rings. The third-order valence-corrected chi connectivity index (χ3v) is 3.84. The third-order valence-electron chi connectivity index (χ3n) is 3.84. The van der Waals surface area contributed by atoms with E-state index in [1.54, 1.807) is 0 Å². The maximum Gasteiger partial charge on any atom is 0.0939 e. The van der Waals surface area contributed by atoms with Crippen molar-refractivity contribution in [2.75, 3.05) is 0 Å². The lowest BCUT2D eigenvalue weighted by Gasteiger charge is -2.15. The molecule has 0 aromatic heterocycles. The van der Waals surface area contributed by atoms with E-state index in [4.69, 9.17) is 0 Å². The smallest absolute Gasteiger partial charge is 0.0939 e. The number of allylic oxidation sites excluding steroid dienone is 5. The van der Waals surface area contributed by atoms with Crippen LogP contribution in [0.3, 0.4) is 0 Å². The van der Waals surface area contributed by atoms with Gasteiger partial charge in [0.25, 0.3) is 0 Å². The van der Waals surface area contributed by atoms with E-state index in [0.29, 0.717) is 0 Å². The van der Waals surface area contributed by atoms with Gasteiger partial charge < -0.3 is 0 Å². The molecule has 0 spiro atoms. The van der Waals surface area contributed by atoms with E-state index in [0.717, 1.165) is 18.6 Å². The molecule has 0 amide bonds. The van der Waals surface area contributed by atoms with Gasteiger partial charge in [-0.25, -0.2) is 0 Å². The van der Waals surface area contributed by atoms with Crippen molar-refractivity contribution in [2.45, 2.75) is 32.7 Å². The molecule has 1 atom stereocenters. The van der Waals surface area contributed by atoms with Gasteiger partial charge in [0, 0.05) is 5.71 Å². The van der Waals surface area contributed by atoms with Gasteiger partial charge in [-0.2, -0.15) is 0 Å². The highest BCUT2D eigenvalue weighted by Crippen LogP contribution is 2.31. The molecular weight excluding hydrogens is 230 g/mol. The van der Waals surface area contributed by atoms with E-state index in [9.17, 15) is 0 Å². The van der Waals surface area contributed by atoms with Crippen LogP contribution >= 0.6 is 0 Å². The molecule has 1 heteroatoms. The molecule has 96 valence electrons. The normalized spacial score (nSPS) is 21.5. The fraction of sp³-hybridized carbons (Fsp3) is 0.278. The van der Waals surface area contributed by atoms with E-state index < -0.39 is 0 Å². The molecule has 0 radical (unpaired) electrons. The Balaban J connectivity index is 1.99. The van der Waals surface area contributed by atoms with Crippen LogP contribution in [0.5, 0.6) is 0 Å². The predicted molar refractivity (Wildman–Crippen MR) is 82.5 cm³/mol. The summed E-state index contributed by atoms with van der Waals surface area (Å²) in [6.07, 6.45) is 13.2. The largest absolute Gasteiger partial charge is 0.278 e. The highest BCUT2D eigenvalue weighted by Gasteiger charge is 2.15. The van der Waals surface area contributed by atoms with Crippen molar-refractivity contribution in [3.05, 3.63) is 65.3 Å². The Kier molecular flexibility index (Phi) is 3.20. The Bertz CT molecular complexity index is 615. The number of nitrogens with zero attached hydrogens (tertiary/aromatic N) is 1. The molecule has 1 aliphatic carbocycles. The van der Waals surface area contributed by atoms with Crippen molar-refractivity contribution in [1.29, 1.82) is 0 Å². The predicted octanol–water partition coefficient (Wildman–Crippen LogP) is 4.80. The minimum Gasteiger partial charge on any atom is -0.278 e. The summed E-state index contributed by atoms with van der Waals surface area (Å²) in [7, 11) is 0. The Morgan fingerprint density at radius 3 is 2.79 bits per heavy atom. The summed E-state index contributed by atoms with van der Waals surface area (Å²) in [5.41, 5.74) is 6.56. The van der Waals surface area contributed by atoms with E-state index in [2.05, 4.69) is 67.4 Å². The average molecular weight is 249 g/mol. The topological polar surface area (TPSA) is 12.4 Å². The SMILES string of the molecule is CC1=NC(c2cc(C3=CC=CCC3)ccc2C)C=C1. The highest BCUT2D eigenvalue weighted by atomic mass is 14.8. The molecule has 1 nitrogen and oxygen atoms in total. The Labute approximate surface area is 115 Å². The summed E-state index contributed by atoms with van der Waals surface area (Å²) in [5, 5.41) is 0. The van der Waals surface area contributed by atoms with E-state index in [-0.39, 0.29) is 6.04 Å². The molecule has 0 N–H and O–H groups in total. The van der Waals surface area contributed by atoms with Gasteiger partial charge in [0.1, 0.15) is 0 Å². The quantitative estimate of drug-likeness (QED) is 0.714. The fourth-order valence-electron chi connectivity index (χ4n) is 2.71. The average Bonchev–Trinajstić information content (AvgIpc) is 2.87. The van der Waals surface area contributed by atoms with Crippen LogP contribution in [0.2, 0.25) is 0 Å². The molecule has 1 unspecified atom stereocenters. The maximum absolute atomic E-state index is 4.68. The molecule has 3 rings (SSSR count). The standard InChI is InChI=1S/C18H19N/c1-13-8-10-16(15-6-4-3-5-7-15)12-17(13)18-11-9-14(2)19-18/h3-4,6,8-12,18H,5,7H2,1-2H3. The van der Waals surface area contributed by atoms with E-state index in [1.807, 2.05) is 0 Å². The second-order valence-electron chi connectivity index (χ2n) is 5.30. The van der Waals surface area contributed by atoms with Gasteiger partial charge in [0.2, 0.25) is 0 Å². The molecule has 19 heavy (non-hydrogen) atoms. The van der Waals surface area contributed by atoms with Crippen LogP contribution in [-0.4, -0.2) is 5.71 Å². The second kappa shape index (κ2) is 5.00. The summed E-state index contributed by atoms with van der Waals surface area (Å²) in [4.78, 5) is 4.68. The van der Waals surface area contributed by atoms with Crippen molar-refractivity contribution in [2.24, 2.45) is 4.99 Å². The van der Waals surface area contributed by atoms with Crippen LogP contribution in [0.1, 0.15) is 42.5 Å². The van der Waals surface area contributed by atoms with Crippen LogP contribution in [0.25, 0.3) is 5.57 Å². The molecular formula is C18H19N. The van der Waals surface area contributed by atoms with E-state index >= 15 is 0 Å². The molecule has 1 aromatic carbocycles. The van der Waals surface area contributed by atoms with Gasteiger partial charge in [-0.05, 0) is 61.1 Å². The maximum atomic E-state index is 4.68. The first-order valence-electron chi connectivity index (χ1n) is 6.93. The first kappa shape index (κ1) is 12.2. The summed E-state index contributed by atoms with van der Waals surface area (Å²) in [6.45, 7) is 4.23. The van der Waals surface area contributed by atoms with Crippen molar-refractivity contribution in [1.82, 2.24) is 0 Å². The zero-order valence-electron chi connectivity index (χ0n) is 11.6. The number of hydrogen-bond donors (Lipinski definition) is 0. The summed E-state index contributed by atoms with van der Waals surface area (Å²) >= 11 is 0. The number of aliphatic imine (C=N–C) groups is 1. The Morgan fingerprint density at radius 2 is 2.11 bits per heavy atom. The summed E-state index contributed by atoms with van der Waals surface area (Å²) in [5.74, 6) is 0. The van der Waals surface area contributed by atoms with Crippen LogP contribution < -0.4 is 0 Å². The first-order valence-corrected chi connectivity index (χ1v) is 6.93. The lowest BCUT2D eigenvalue weighted by atomic mass is 9.92. The molecule has 0 fully saturated rings. The van der Waals surface area contributed by atoms with Gasteiger partial charge in [-0.15, -0.1) is 0 Å². The van der Waals surface area contributed by atoms with Crippen LogP contribution in [-0.2, 0) is 0 Å². The summed E-state index contributed by atoms with van der Waals surface area (Å²) < 4.78 is 0. The van der Waals surface area contributed by atoms with Gasteiger partial charge in [0.15, 0.2) is 0 Å². The van der Waals surface area contributed by atoms with Crippen LogP contribution in [0, 0.1) is 6.92 Å². The van der Waals surface area contributed by atoms with Crippen LogP contribution in [0.4, 0.5) is 0 Å². The summed E-state index contributed by atoms with van der Waals surface area (Å²) in [6, 6.07) is 6.98. The number of hydrogen-bond acceptors (Lipinski definition) is 1. The zero-order valence-corrected chi connectivity index (χ0v) is 11.6. The number of aryl methyl sites for hydroxylation is 1. The van der Waals surface area contributed by atoms with Gasteiger partial charge in [0.05, 0.1) is 6.04 Å². The van der Waals surface area contributed by atoms with Crippen LogP contribution in [0.15, 0.2) is 53.6 Å². The molecule has 0 saturated carbocycles. The molecule has 1 aliphatic heterocycles. The molecule has 2 aliphatic rings. The van der Waals surface area contributed by atoms with Crippen molar-refractivity contribution in [3.63, 3.8) is 0 Å².